The van der Waals surface area contributed by atoms with Crippen LogP contribution < -0.4 is 0 Å². The SMILES string of the molecule is CCCCCCCC(=O)c1ccc(C2CCC([C@H]3CC[C@H](CCC)C(=O)C3)CC2)cc1. The number of benzene rings is 1. The lowest BCUT2D eigenvalue weighted by atomic mass is 9.67. The Morgan fingerprint density at radius 2 is 1.48 bits per heavy atom. The van der Waals surface area contributed by atoms with Gasteiger partial charge in [-0.05, 0) is 74.7 Å². The summed E-state index contributed by atoms with van der Waals surface area (Å²) in [5, 5.41) is 0. The number of ketones is 2. The van der Waals surface area contributed by atoms with Gasteiger partial charge in [0, 0.05) is 24.3 Å². The van der Waals surface area contributed by atoms with E-state index in [0.29, 0.717) is 35.7 Å². The molecule has 2 heteroatoms. The molecule has 2 fully saturated rings. The van der Waals surface area contributed by atoms with Gasteiger partial charge in [0.15, 0.2) is 5.78 Å². The molecule has 0 unspecified atom stereocenters. The molecule has 0 radical (unpaired) electrons. The van der Waals surface area contributed by atoms with Gasteiger partial charge in [-0.1, -0.05) is 70.2 Å². The Morgan fingerprint density at radius 1 is 0.806 bits per heavy atom. The molecule has 0 N–H and O–H groups in total. The van der Waals surface area contributed by atoms with E-state index in [1.54, 1.807) is 0 Å². The second kappa shape index (κ2) is 12.6. The Labute approximate surface area is 190 Å². The van der Waals surface area contributed by atoms with Gasteiger partial charge in [-0.25, -0.2) is 0 Å². The van der Waals surface area contributed by atoms with E-state index < -0.39 is 0 Å². The van der Waals surface area contributed by atoms with Crippen LogP contribution in [0.4, 0.5) is 0 Å². The minimum Gasteiger partial charge on any atom is -0.299 e. The van der Waals surface area contributed by atoms with Crippen LogP contribution in [0.2, 0.25) is 0 Å². The highest BCUT2D eigenvalue weighted by Gasteiger charge is 2.34. The summed E-state index contributed by atoms with van der Waals surface area (Å²) in [6.45, 7) is 4.41. The maximum atomic E-state index is 12.5. The topological polar surface area (TPSA) is 34.1 Å². The Bertz CT molecular complexity index is 681. The van der Waals surface area contributed by atoms with E-state index in [4.69, 9.17) is 0 Å². The minimum absolute atomic E-state index is 0.301. The second-order valence-electron chi connectivity index (χ2n) is 10.3. The van der Waals surface area contributed by atoms with Crippen molar-refractivity contribution in [2.45, 2.75) is 116 Å². The number of unbranched alkanes of at least 4 members (excludes halogenated alkanes) is 4. The lowest BCUT2D eigenvalue weighted by Gasteiger charge is -2.37. The summed E-state index contributed by atoms with van der Waals surface area (Å²) in [4.78, 5) is 24.9. The van der Waals surface area contributed by atoms with Crippen LogP contribution in [0, 0.1) is 17.8 Å². The molecule has 0 spiro atoms. The highest BCUT2D eigenvalue weighted by atomic mass is 16.1. The van der Waals surface area contributed by atoms with Crippen LogP contribution in [0.5, 0.6) is 0 Å². The molecule has 2 aliphatic rings. The number of carbonyl (C=O) groups excluding carboxylic acids is 2. The normalized spacial score (nSPS) is 26.7. The van der Waals surface area contributed by atoms with Crippen molar-refractivity contribution in [3.8, 4) is 0 Å². The molecule has 2 saturated carbocycles. The standard InChI is InChI=1S/C29H44O2/c1-3-5-6-7-8-10-28(30)26-17-15-23(16-18-26)22-11-13-24(14-12-22)27-20-19-25(9-4-2)29(31)21-27/h15-18,22,24-25,27H,3-14,19-21H2,1-2H3/t22?,24?,25-,27-/m0/s1. The van der Waals surface area contributed by atoms with Gasteiger partial charge in [-0.3, -0.25) is 9.59 Å². The molecule has 1 aromatic rings. The summed E-state index contributed by atoms with van der Waals surface area (Å²) < 4.78 is 0. The highest BCUT2D eigenvalue weighted by Crippen LogP contribution is 2.43. The van der Waals surface area contributed by atoms with Crippen molar-refractivity contribution in [1.82, 2.24) is 0 Å². The molecule has 31 heavy (non-hydrogen) atoms. The summed E-state index contributed by atoms with van der Waals surface area (Å²) in [6.07, 6.45) is 17.1. The first-order chi connectivity index (χ1) is 15.1. The molecule has 0 aliphatic heterocycles. The highest BCUT2D eigenvalue weighted by molar-refractivity contribution is 5.96. The molecule has 3 rings (SSSR count). The monoisotopic (exact) mass is 424 g/mol. The van der Waals surface area contributed by atoms with Gasteiger partial charge in [0.05, 0.1) is 0 Å². The third-order valence-electron chi connectivity index (χ3n) is 8.09. The lowest BCUT2D eigenvalue weighted by Crippen LogP contribution is -2.30. The van der Waals surface area contributed by atoms with Crippen molar-refractivity contribution in [2.24, 2.45) is 17.8 Å². The molecule has 0 bridgehead atoms. The largest absolute Gasteiger partial charge is 0.299 e. The van der Waals surface area contributed by atoms with Crippen molar-refractivity contribution in [3.63, 3.8) is 0 Å². The van der Waals surface area contributed by atoms with Crippen molar-refractivity contribution in [2.75, 3.05) is 0 Å². The summed E-state index contributed by atoms with van der Waals surface area (Å²) in [6, 6.07) is 8.52. The molecule has 0 amide bonds. The first-order valence-electron chi connectivity index (χ1n) is 13.3. The predicted molar refractivity (Wildman–Crippen MR) is 130 cm³/mol. The molecule has 172 valence electrons. The molecule has 0 saturated heterocycles. The van der Waals surface area contributed by atoms with E-state index in [9.17, 15) is 9.59 Å². The average Bonchev–Trinajstić information content (AvgIpc) is 2.80. The van der Waals surface area contributed by atoms with E-state index in [1.807, 2.05) is 0 Å². The van der Waals surface area contributed by atoms with E-state index >= 15 is 0 Å². The van der Waals surface area contributed by atoms with Gasteiger partial charge in [0.2, 0.25) is 0 Å². The maximum absolute atomic E-state index is 12.5. The first-order valence-corrected chi connectivity index (χ1v) is 13.3. The van der Waals surface area contributed by atoms with E-state index in [0.717, 1.165) is 43.6 Å². The maximum Gasteiger partial charge on any atom is 0.162 e. The number of hydrogen-bond donors (Lipinski definition) is 0. The Morgan fingerprint density at radius 3 is 2.13 bits per heavy atom. The van der Waals surface area contributed by atoms with Crippen molar-refractivity contribution >= 4 is 11.6 Å². The number of carbonyl (C=O) groups is 2. The molecule has 2 nitrogen and oxygen atoms in total. The molecule has 1 aromatic carbocycles. The molecular weight excluding hydrogens is 380 g/mol. The first kappa shape index (κ1) is 24.2. The Hall–Kier alpha value is -1.44. The van der Waals surface area contributed by atoms with Crippen molar-refractivity contribution in [3.05, 3.63) is 35.4 Å². The predicted octanol–water partition coefficient (Wildman–Crippen LogP) is 8.29. The number of hydrogen-bond acceptors (Lipinski definition) is 2. The summed E-state index contributed by atoms with van der Waals surface area (Å²) >= 11 is 0. The van der Waals surface area contributed by atoms with Crippen LogP contribution in [0.25, 0.3) is 0 Å². The third-order valence-corrected chi connectivity index (χ3v) is 8.09. The lowest BCUT2D eigenvalue weighted by molar-refractivity contribution is -0.127. The van der Waals surface area contributed by atoms with E-state index in [2.05, 4.69) is 38.1 Å². The molecular formula is C29H44O2. The summed E-state index contributed by atoms with van der Waals surface area (Å²) in [7, 11) is 0. The van der Waals surface area contributed by atoms with Crippen LogP contribution >= 0.6 is 0 Å². The Kier molecular flexibility index (Phi) is 9.81. The molecule has 2 atom stereocenters. The van der Waals surface area contributed by atoms with E-state index in [-0.39, 0.29) is 0 Å². The third kappa shape index (κ3) is 7.02. The average molecular weight is 425 g/mol. The zero-order valence-corrected chi connectivity index (χ0v) is 20.0. The fraction of sp³-hybridized carbons (Fsp3) is 0.724. The van der Waals surface area contributed by atoms with Crippen LogP contribution in [-0.2, 0) is 4.79 Å². The van der Waals surface area contributed by atoms with Gasteiger partial charge < -0.3 is 0 Å². The van der Waals surface area contributed by atoms with Gasteiger partial charge in [-0.15, -0.1) is 0 Å². The number of rotatable bonds is 11. The molecule has 2 aliphatic carbocycles. The van der Waals surface area contributed by atoms with Gasteiger partial charge in [0.1, 0.15) is 5.78 Å². The van der Waals surface area contributed by atoms with Crippen LogP contribution in [0.15, 0.2) is 24.3 Å². The molecule has 0 heterocycles. The van der Waals surface area contributed by atoms with Crippen LogP contribution in [0.3, 0.4) is 0 Å². The fourth-order valence-corrected chi connectivity index (χ4v) is 6.06. The van der Waals surface area contributed by atoms with Gasteiger partial charge in [0.25, 0.3) is 0 Å². The van der Waals surface area contributed by atoms with E-state index in [1.165, 1.54) is 63.4 Å². The zero-order chi connectivity index (χ0) is 22.1. The Balaban J connectivity index is 1.42. The number of Topliss-reactive ketones (excluding diaryl/α,β-unsaturated/α-hetero) is 2. The van der Waals surface area contributed by atoms with Crippen LogP contribution in [-0.4, -0.2) is 11.6 Å². The van der Waals surface area contributed by atoms with Crippen LogP contribution in [0.1, 0.15) is 132 Å². The minimum atomic E-state index is 0.301. The zero-order valence-electron chi connectivity index (χ0n) is 20.0. The van der Waals surface area contributed by atoms with Gasteiger partial charge >= 0.3 is 0 Å². The summed E-state index contributed by atoms with van der Waals surface area (Å²) in [5.74, 6) is 3.22. The van der Waals surface area contributed by atoms with Gasteiger partial charge in [-0.2, -0.15) is 0 Å². The smallest absolute Gasteiger partial charge is 0.162 e. The quantitative estimate of drug-likeness (QED) is 0.264. The molecule has 0 aromatic heterocycles. The fourth-order valence-electron chi connectivity index (χ4n) is 6.06. The second-order valence-corrected chi connectivity index (χ2v) is 10.3. The van der Waals surface area contributed by atoms with Crippen molar-refractivity contribution in [1.29, 1.82) is 0 Å². The van der Waals surface area contributed by atoms with Crippen molar-refractivity contribution < 1.29 is 9.59 Å². The summed E-state index contributed by atoms with van der Waals surface area (Å²) in [5.41, 5.74) is 2.29.